The number of pyridine rings is 1. The molecule has 1 aromatic heterocycles. The maximum absolute atomic E-state index is 12.4. The van der Waals surface area contributed by atoms with Crippen LogP contribution in [0.4, 0.5) is 17.2 Å². The number of nitrogens with zero attached hydrogens (tertiary/aromatic N) is 3. The third kappa shape index (κ3) is 5.19. The number of nitro benzene ring substituents is 1. The number of anilines is 2. The van der Waals surface area contributed by atoms with E-state index in [-0.39, 0.29) is 16.8 Å². The van der Waals surface area contributed by atoms with Crippen LogP contribution in [0.2, 0.25) is 0 Å². The zero-order valence-corrected chi connectivity index (χ0v) is 15.9. The third-order valence-corrected chi connectivity index (χ3v) is 5.54. The number of rotatable bonds is 6. The number of hydrogen-bond acceptors (Lipinski definition) is 6. The maximum Gasteiger partial charge on any atom is 0.269 e. The van der Waals surface area contributed by atoms with Gasteiger partial charge in [0.1, 0.15) is 5.82 Å². The van der Waals surface area contributed by atoms with Crippen molar-refractivity contribution in [2.45, 2.75) is 36.3 Å². The van der Waals surface area contributed by atoms with Gasteiger partial charge in [-0.15, -0.1) is 11.8 Å². The number of hydrogen-bond donors (Lipinski definition) is 1. The first-order valence-corrected chi connectivity index (χ1v) is 9.84. The number of thioether (sulfide) groups is 1. The van der Waals surface area contributed by atoms with E-state index in [4.69, 9.17) is 0 Å². The van der Waals surface area contributed by atoms with Gasteiger partial charge in [-0.1, -0.05) is 0 Å². The molecule has 0 radical (unpaired) electrons. The van der Waals surface area contributed by atoms with Crippen molar-refractivity contribution in [3.63, 3.8) is 0 Å². The molecular weight excluding hydrogens is 364 g/mol. The first-order valence-electron chi connectivity index (χ1n) is 8.96. The van der Waals surface area contributed by atoms with E-state index in [9.17, 15) is 14.9 Å². The van der Waals surface area contributed by atoms with Crippen LogP contribution in [0.15, 0.2) is 47.5 Å². The van der Waals surface area contributed by atoms with Gasteiger partial charge in [-0.2, -0.15) is 0 Å². The van der Waals surface area contributed by atoms with Crippen molar-refractivity contribution in [1.29, 1.82) is 0 Å². The van der Waals surface area contributed by atoms with Gasteiger partial charge in [0.15, 0.2) is 0 Å². The minimum absolute atomic E-state index is 0.0383. The Balaban J connectivity index is 1.55. The van der Waals surface area contributed by atoms with Crippen LogP contribution in [0.3, 0.4) is 0 Å². The number of carbonyl (C=O) groups is 1. The quantitative estimate of drug-likeness (QED) is 0.457. The summed E-state index contributed by atoms with van der Waals surface area (Å²) in [5.74, 6) is 0.812. The van der Waals surface area contributed by atoms with Crippen LogP contribution in [0.25, 0.3) is 0 Å². The van der Waals surface area contributed by atoms with Crippen molar-refractivity contribution in [2.24, 2.45) is 0 Å². The van der Waals surface area contributed by atoms with Crippen molar-refractivity contribution in [3.8, 4) is 0 Å². The highest BCUT2D eigenvalue weighted by atomic mass is 32.2. The molecule has 1 fully saturated rings. The first-order chi connectivity index (χ1) is 13.0. The fraction of sp³-hybridized carbons (Fsp3) is 0.368. The predicted molar refractivity (Wildman–Crippen MR) is 107 cm³/mol. The molecule has 0 aliphatic carbocycles. The molecule has 1 unspecified atom stereocenters. The monoisotopic (exact) mass is 386 g/mol. The van der Waals surface area contributed by atoms with E-state index < -0.39 is 4.92 Å². The fourth-order valence-electron chi connectivity index (χ4n) is 2.92. The lowest BCUT2D eigenvalue weighted by atomic mass is 10.1. The lowest BCUT2D eigenvalue weighted by Crippen LogP contribution is -2.30. The molecular formula is C19H22N4O3S. The van der Waals surface area contributed by atoms with Gasteiger partial charge in [0.25, 0.3) is 5.69 Å². The number of nitrogens with one attached hydrogen (secondary N) is 1. The van der Waals surface area contributed by atoms with E-state index in [1.54, 1.807) is 25.3 Å². The van der Waals surface area contributed by atoms with Gasteiger partial charge in [-0.05, 0) is 50.5 Å². The molecule has 1 aliphatic heterocycles. The Bertz CT molecular complexity index is 790. The predicted octanol–water partition coefficient (Wildman–Crippen LogP) is 4.10. The summed E-state index contributed by atoms with van der Waals surface area (Å²) in [6, 6.07) is 10.0. The van der Waals surface area contributed by atoms with E-state index in [1.165, 1.54) is 43.2 Å². The SMILES string of the molecule is CC(Sc1ccc([N+](=O)[O-])cc1)C(=O)Nc1ccc(N2CCCCC2)nc1. The van der Waals surface area contributed by atoms with E-state index in [0.29, 0.717) is 5.69 Å². The molecule has 2 aromatic rings. The summed E-state index contributed by atoms with van der Waals surface area (Å²) in [4.78, 5) is 30.2. The second-order valence-electron chi connectivity index (χ2n) is 6.45. The average Bonchev–Trinajstić information content (AvgIpc) is 2.69. The molecule has 1 aromatic carbocycles. The molecule has 1 aliphatic rings. The van der Waals surface area contributed by atoms with E-state index in [2.05, 4.69) is 15.2 Å². The van der Waals surface area contributed by atoms with Gasteiger partial charge in [0, 0.05) is 30.1 Å². The number of carbonyl (C=O) groups excluding carboxylic acids is 1. The molecule has 0 saturated carbocycles. The highest BCUT2D eigenvalue weighted by Gasteiger charge is 2.16. The first kappa shape index (κ1) is 19.2. The largest absolute Gasteiger partial charge is 0.357 e. The zero-order valence-electron chi connectivity index (χ0n) is 15.1. The average molecular weight is 386 g/mol. The van der Waals surface area contributed by atoms with Crippen LogP contribution in [0, 0.1) is 10.1 Å². The molecule has 1 amide bonds. The molecule has 27 heavy (non-hydrogen) atoms. The summed E-state index contributed by atoms with van der Waals surface area (Å²) in [5, 5.41) is 13.2. The number of nitro groups is 1. The molecule has 2 heterocycles. The normalized spacial score (nSPS) is 15.2. The summed E-state index contributed by atoms with van der Waals surface area (Å²) < 4.78 is 0. The summed E-state index contributed by atoms with van der Waals surface area (Å²) in [5.41, 5.74) is 0.702. The minimum atomic E-state index is -0.439. The molecule has 0 bridgehead atoms. The number of aromatic nitrogens is 1. The van der Waals surface area contributed by atoms with Crippen molar-refractivity contribution < 1.29 is 9.72 Å². The van der Waals surface area contributed by atoms with Gasteiger partial charge in [0.2, 0.25) is 5.91 Å². The van der Waals surface area contributed by atoms with Crippen LogP contribution in [0.1, 0.15) is 26.2 Å². The lowest BCUT2D eigenvalue weighted by molar-refractivity contribution is -0.384. The van der Waals surface area contributed by atoms with Gasteiger partial charge in [-0.25, -0.2) is 4.98 Å². The van der Waals surface area contributed by atoms with Crippen LogP contribution >= 0.6 is 11.8 Å². The van der Waals surface area contributed by atoms with Crippen LogP contribution in [0.5, 0.6) is 0 Å². The zero-order chi connectivity index (χ0) is 19.2. The van der Waals surface area contributed by atoms with Gasteiger partial charge in [-0.3, -0.25) is 14.9 Å². The molecule has 1 N–H and O–H groups in total. The third-order valence-electron chi connectivity index (χ3n) is 4.43. The van der Waals surface area contributed by atoms with Crippen LogP contribution < -0.4 is 10.2 Å². The summed E-state index contributed by atoms with van der Waals surface area (Å²) in [7, 11) is 0. The molecule has 142 valence electrons. The van der Waals surface area contributed by atoms with Crippen molar-refractivity contribution in [2.75, 3.05) is 23.3 Å². The van der Waals surface area contributed by atoms with Crippen molar-refractivity contribution in [1.82, 2.24) is 4.98 Å². The smallest absolute Gasteiger partial charge is 0.269 e. The highest BCUT2D eigenvalue weighted by Crippen LogP contribution is 2.26. The minimum Gasteiger partial charge on any atom is -0.357 e. The second-order valence-corrected chi connectivity index (χ2v) is 7.87. The molecule has 1 atom stereocenters. The van der Waals surface area contributed by atoms with Crippen molar-refractivity contribution >= 4 is 34.9 Å². The number of amides is 1. The standard InChI is InChI=1S/C19H22N4O3S/c1-14(27-17-8-6-16(7-9-17)23(25)26)19(24)21-15-5-10-18(20-13-15)22-11-3-2-4-12-22/h5-10,13-14H,2-4,11-12H2,1H3,(H,21,24). The summed E-state index contributed by atoms with van der Waals surface area (Å²) in [6.07, 6.45) is 5.34. The fourth-order valence-corrected chi connectivity index (χ4v) is 3.79. The molecule has 1 saturated heterocycles. The van der Waals surface area contributed by atoms with Crippen LogP contribution in [-0.4, -0.2) is 34.2 Å². The number of non-ortho nitro benzene ring substituents is 1. The highest BCUT2D eigenvalue weighted by molar-refractivity contribution is 8.00. The Morgan fingerprint density at radius 3 is 2.48 bits per heavy atom. The van der Waals surface area contributed by atoms with Crippen LogP contribution in [-0.2, 0) is 4.79 Å². The second kappa shape index (κ2) is 8.85. The summed E-state index contributed by atoms with van der Waals surface area (Å²) >= 11 is 1.35. The van der Waals surface area contributed by atoms with E-state index in [1.807, 2.05) is 12.1 Å². The Morgan fingerprint density at radius 2 is 1.89 bits per heavy atom. The maximum atomic E-state index is 12.4. The number of benzene rings is 1. The molecule has 7 nitrogen and oxygen atoms in total. The van der Waals surface area contributed by atoms with Crippen molar-refractivity contribution in [3.05, 3.63) is 52.7 Å². The topological polar surface area (TPSA) is 88.4 Å². The molecule has 0 spiro atoms. The Hall–Kier alpha value is -2.61. The van der Waals surface area contributed by atoms with Gasteiger partial charge < -0.3 is 10.2 Å². The summed E-state index contributed by atoms with van der Waals surface area (Å²) in [6.45, 7) is 3.86. The Labute approximate surface area is 162 Å². The van der Waals surface area contributed by atoms with E-state index >= 15 is 0 Å². The lowest BCUT2D eigenvalue weighted by Gasteiger charge is -2.27. The van der Waals surface area contributed by atoms with E-state index in [0.717, 1.165) is 23.8 Å². The Kier molecular flexibility index (Phi) is 6.28. The van der Waals surface area contributed by atoms with Gasteiger partial charge >= 0.3 is 0 Å². The Morgan fingerprint density at radius 1 is 1.19 bits per heavy atom. The molecule has 3 rings (SSSR count). The molecule has 8 heteroatoms. The van der Waals surface area contributed by atoms with Gasteiger partial charge in [0.05, 0.1) is 22.1 Å². The number of piperidine rings is 1.